The zero-order chi connectivity index (χ0) is 15.8. The Balaban J connectivity index is 2.00. The number of methoxy groups -OCH3 is 1. The van der Waals surface area contributed by atoms with Gasteiger partial charge >= 0.3 is 5.97 Å². The normalized spacial score (nSPS) is 12.0. The molecule has 5 nitrogen and oxygen atoms in total. The van der Waals surface area contributed by atoms with Gasteiger partial charge in [0, 0.05) is 12.5 Å². The van der Waals surface area contributed by atoms with E-state index < -0.39 is 12.0 Å². The number of carbonyl (C=O) groups excluding carboxylic acids is 2. The minimum absolute atomic E-state index is 0.369. The third-order valence-corrected chi connectivity index (χ3v) is 3.03. The summed E-state index contributed by atoms with van der Waals surface area (Å²) in [6, 6.07) is 12.1. The second-order valence-electron chi connectivity index (χ2n) is 4.62. The van der Waals surface area contributed by atoms with E-state index in [1.165, 1.54) is 25.5 Å². The lowest BCUT2D eigenvalue weighted by molar-refractivity contribution is -0.144. The second kappa shape index (κ2) is 7.83. The summed E-state index contributed by atoms with van der Waals surface area (Å²) in [5.74, 6) is -0.306. The lowest BCUT2D eigenvalue weighted by Gasteiger charge is -2.15. The average Bonchev–Trinajstić information content (AvgIpc) is 3.06. The van der Waals surface area contributed by atoms with Gasteiger partial charge in [0.1, 0.15) is 11.8 Å². The van der Waals surface area contributed by atoms with Crippen LogP contribution in [0.4, 0.5) is 0 Å². The molecule has 5 heteroatoms. The number of amides is 1. The Morgan fingerprint density at radius 3 is 2.64 bits per heavy atom. The van der Waals surface area contributed by atoms with Crippen LogP contribution in [0.1, 0.15) is 11.3 Å². The third kappa shape index (κ3) is 4.63. The van der Waals surface area contributed by atoms with Gasteiger partial charge in [-0.2, -0.15) is 0 Å². The van der Waals surface area contributed by atoms with E-state index in [0.717, 1.165) is 5.56 Å². The number of carbonyl (C=O) groups is 2. The highest BCUT2D eigenvalue weighted by Crippen LogP contribution is 2.05. The van der Waals surface area contributed by atoms with Crippen molar-refractivity contribution in [3.05, 3.63) is 66.1 Å². The van der Waals surface area contributed by atoms with Gasteiger partial charge < -0.3 is 14.5 Å². The van der Waals surface area contributed by atoms with Crippen molar-refractivity contribution in [2.75, 3.05) is 7.11 Å². The topological polar surface area (TPSA) is 68.5 Å². The molecule has 1 aromatic heterocycles. The zero-order valence-electron chi connectivity index (χ0n) is 12.2. The van der Waals surface area contributed by atoms with Crippen LogP contribution in [0, 0.1) is 0 Å². The highest BCUT2D eigenvalue weighted by atomic mass is 16.5. The Labute approximate surface area is 128 Å². The predicted molar refractivity (Wildman–Crippen MR) is 81.8 cm³/mol. The molecule has 0 spiro atoms. The Hall–Kier alpha value is -2.82. The lowest BCUT2D eigenvalue weighted by Crippen LogP contribution is -2.42. The standard InChI is InChI=1S/C17H17NO4/c1-21-17(20)15(12-13-6-3-2-4-7-13)18-16(19)10-9-14-8-5-11-22-14/h2-11,15H,12H2,1H3,(H,18,19)/b10-9+. The van der Waals surface area contributed by atoms with E-state index in [-0.39, 0.29) is 5.91 Å². The first-order chi connectivity index (χ1) is 10.7. The van der Waals surface area contributed by atoms with Gasteiger partial charge in [-0.15, -0.1) is 0 Å². The molecule has 0 bridgehead atoms. The van der Waals surface area contributed by atoms with E-state index in [2.05, 4.69) is 5.32 Å². The number of furan rings is 1. The van der Waals surface area contributed by atoms with Crippen LogP contribution >= 0.6 is 0 Å². The van der Waals surface area contributed by atoms with Crippen molar-refractivity contribution >= 4 is 18.0 Å². The SMILES string of the molecule is COC(=O)C(Cc1ccccc1)NC(=O)/C=C/c1ccco1. The van der Waals surface area contributed by atoms with Crippen LogP contribution in [0.3, 0.4) is 0 Å². The van der Waals surface area contributed by atoms with Crippen LogP contribution in [0.25, 0.3) is 6.08 Å². The number of esters is 1. The van der Waals surface area contributed by atoms with Crippen molar-refractivity contribution < 1.29 is 18.7 Å². The third-order valence-electron chi connectivity index (χ3n) is 3.03. The molecule has 0 saturated carbocycles. The summed E-state index contributed by atoms with van der Waals surface area (Å²) in [5, 5.41) is 2.64. The van der Waals surface area contributed by atoms with Crippen LogP contribution in [-0.2, 0) is 20.7 Å². The number of ether oxygens (including phenoxy) is 1. The van der Waals surface area contributed by atoms with E-state index in [0.29, 0.717) is 12.2 Å². The summed E-state index contributed by atoms with van der Waals surface area (Å²) in [6.45, 7) is 0. The predicted octanol–water partition coefficient (Wildman–Crippen LogP) is 2.19. The van der Waals surface area contributed by atoms with Gasteiger partial charge in [-0.3, -0.25) is 4.79 Å². The monoisotopic (exact) mass is 299 g/mol. The second-order valence-corrected chi connectivity index (χ2v) is 4.62. The van der Waals surface area contributed by atoms with Crippen molar-refractivity contribution in [3.8, 4) is 0 Å². The quantitative estimate of drug-likeness (QED) is 0.656. The summed E-state index contributed by atoms with van der Waals surface area (Å²) in [4.78, 5) is 23.7. The molecule has 114 valence electrons. The Morgan fingerprint density at radius 2 is 2.00 bits per heavy atom. The summed E-state index contributed by atoms with van der Waals surface area (Å²) in [5.41, 5.74) is 0.938. The van der Waals surface area contributed by atoms with E-state index in [9.17, 15) is 9.59 Å². The van der Waals surface area contributed by atoms with Crippen LogP contribution in [-0.4, -0.2) is 25.0 Å². The average molecular weight is 299 g/mol. The summed E-state index contributed by atoms with van der Waals surface area (Å²) in [7, 11) is 1.30. The molecule has 0 aliphatic heterocycles. The van der Waals surface area contributed by atoms with Gasteiger partial charge in [-0.25, -0.2) is 4.79 Å². The molecule has 0 saturated heterocycles. The van der Waals surface area contributed by atoms with Crippen LogP contribution in [0.2, 0.25) is 0 Å². The van der Waals surface area contributed by atoms with Crippen molar-refractivity contribution in [3.63, 3.8) is 0 Å². The molecule has 1 aromatic carbocycles. The molecular formula is C17H17NO4. The number of hydrogen-bond acceptors (Lipinski definition) is 4. The summed E-state index contributed by atoms with van der Waals surface area (Å²) >= 11 is 0. The van der Waals surface area contributed by atoms with Crippen molar-refractivity contribution in [2.45, 2.75) is 12.5 Å². The smallest absolute Gasteiger partial charge is 0.328 e. The molecule has 1 N–H and O–H groups in total. The first-order valence-electron chi connectivity index (χ1n) is 6.83. The fraction of sp³-hybridized carbons (Fsp3) is 0.176. The molecule has 1 heterocycles. The molecule has 2 rings (SSSR count). The lowest BCUT2D eigenvalue weighted by atomic mass is 10.1. The largest absolute Gasteiger partial charge is 0.467 e. The van der Waals surface area contributed by atoms with Gasteiger partial charge in [0.2, 0.25) is 5.91 Å². The van der Waals surface area contributed by atoms with Gasteiger partial charge in [0.05, 0.1) is 13.4 Å². The first kappa shape index (κ1) is 15.6. The number of rotatable bonds is 6. The Morgan fingerprint density at radius 1 is 1.23 bits per heavy atom. The maximum absolute atomic E-state index is 11.9. The molecule has 1 amide bonds. The fourth-order valence-electron chi connectivity index (χ4n) is 1.95. The van der Waals surface area contributed by atoms with Gasteiger partial charge in [-0.1, -0.05) is 30.3 Å². The van der Waals surface area contributed by atoms with E-state index >= 15 is 0 Å². The fourth-order valence-corrected chi connectivity index (χ4v) is 1.95. The molecule has 1 unspecified atom stereocenters. The van der Waals surface area contributed by atoms with E-state index in [4.69, 9.17) is 9.15 Å². The van der Waals surface area contributed by atoms with Crippen LogP contribution in [0.15, 0.2) is 59.2 Å². The van der Waals surface area contributed by atoms with E-state index in [1.54, 1.807) is 12.1 Å². The molecule has 0 aliphatic carbocycles. The van der Waals surface area contributed by atoms with Gasteiger partial charge in [0.25, 0.3) is 0 Å². The molecule has 1 atom stereocenters. The molecule has 22 heavy (non-hydrogen) atoms. The molecule has 0 aliphatic rings. The van der Waals surface area contributed by atoms with Crippen molar-refractivity contribution in [2.24, 2.45) is 0 Å². The number of nitrogens with one attached hydrogen (secondary N) is 1. The first-order valence-corrected chi connectivity index (χ1v) is 6.83. The summed E-state index contributed by atoms with van der Waals surface area (Å²) < 4.78 is 9.83. The molecule has 2 aromatic rings. The maximum atomic E-state index is 11.9. The van der Waals surface area contributed by atoms with Crippen molar-refractivity contribution in [1.82, 2.24) is 5.32 Å². The minimum atomic E-state index is -0.735. The van der Waals surface area contributed by atoms with Crippen molar-refractivity contribution in [1.29, 1.82) is 0 Å². The van der Waals surface area contributed by atoms with Crippen LogP contribution in [0.5, 0.6) is 0 Å². The summed E-state index contributed by atoms with van der Waals surface area (Å²) in [6.07, 6.45) is 4.74. The zero-order valence-corrected chi connectivity index (χ0v) is 12.2. The van der Waals surface area contributed by atoms with Gasteiger partial charge in [-0.05, 0) is 23.8 Å². The molecular weight excluding hydrogens is 282 g/mol. The molecule has 0 radical (unpaired) electrons. The van der Waals surface area contributed by atoms with Gasteiger partial charge in [0.15, 0.2) is 0 Å². The Kier molecular flexibility index (Phi) is 5.54. The number of benzene rings is 1. The highest BCUT2D eigenvalue weighted by Gasteiger charge is 2.20. The van der Waals surface area contributed by atoms with Crippen LogP contribution < -0.4 is 5.32 Å². The number of hydrogen-bond donors (Lipinski definition) is 1. The highest BCUT2D eigenvalue weighted by molar-refractivity contribution is 5.94. The minimum Gasteiger partial charge on any atom is -0.467 e. The maximum Gasteiger partial charge on any atom is 0.328 e. The molecule has 0 fully saturated rings. The Bertz CT molecular complexity index is 632. The van der Waals surface area contributed by atoms with E-state index in [1.807, 2.05) is 30.3 Å².